The van der Waals surface area contributed by atoms with Crippen molar-refractivity contribution in [3.8, 4) is 0 Å². The van der Waals surface area contributed by atoms with Crippen molar-refractivity contribution in [3.05, 3.63) is 76.2 Å². The van der Waals surface area contributed by atoms with Crippen LogP contribution >= 0.6 is 11.6 Å². The Kier molecular flexibility index (Phi) is 9.06. The summed E-state index contributed by atoms with van der Waals surface area (Å²) < 4.78 is 91.2. The number of carbonyl (C=O) groups excluding carboxylic acids is 1. The number of hydrogen-bond donors (Lipinski definition) is 2. The highest BCUT2D eigenvalue weighted by atomic mass is 35.5. The van der Waals surface area contributed by atoms with Crippen molar-refractivity contribution in [2.75, 3.05) is 13.1 Å². The van der Waals surface area contributed by atoms with Gasteiger partial charge in [-0.15, -0.1) is 0 Å². The monoisotopic (exact) mass is 579 g/mol. The first-order valence-corrected chi connectivity index (χ1v) is 14.4. The van der Waals surface area contributed by atoms with Crippen LogP contribution in [0, 0.1) is 0 Å². The Bertz CT molecular complexity index is 1360. The summed E-state index contributed by atoms with van der Waals surface area (Å²) >= 11 is 6.27. The van der Waals surface area contributed by atoms with E-state index in [1.54, 1.807) is 0 Å². The molecule has 0 aliphatic carbocycles. The van der Waals surface area contributed by atoms with Gasteiger partial charge in [-0.2, -0.15) is 17.5 Å². The van der Waals surface area contributed by atoms with Crippen molar-refractivity contribution in [3.63, 3.8) is 0 Å². The van der Waals surface area contributed by atoms with E-state index in [2.05, 4.69) is 16.6 Å². The van der Waals surface area contributed by atoms with E-state index in [9.17, 15) is 34.8 Å². The number of sulfonamides is 2. The second-order valence-electron chi connectivity index (χ2n) is 8.37. The lowest BCUT2D eigenvalue weighted by molar-refractivity contribution is -0.137. The number of hydrogen-bond acceptors (Lipinski definition) is 5. The Labute approximate surface area is 218 Å². The lowest BCUT2D eigenvalue weighted by Crippen LogP contribution is -2.42. The number of rotatable bonds is 10. The molecule has 1 fully saturated rings. The van der Waals surface area contributed by atoms with Crippen LogP contribution < -0.4 is 10.0 Å². The van der Waals surface area contributed by atoms with Crippen molar-refractivity contribution in [2.45, 2.75) is 42.9 Å². The van der Waals surface area contributed by atoms with Gasteiger partial charge in [-0.1, -0.05) is 36.4 Å². The second kappa shape index (κ2) is 11.5. The molecule has 2 N–H and O–H groups in total. The molecule has 0 bridgehead atoms. The molecule has 8 nitrogen and oxygen atoms in total. The van der Waals surface area contributed by atoms with E-state index in [1.165, 1.54) is 34.6 Å². The minimum absolute atomic E-state index is 0.00695. The van der Waals surface area contributed by atoms with Gasteiger partial charge in [0.1, 0.15) is 0 Å². The molecule has 1 atom stereocenters. The molecule has 37 heavy (non-hydrogen) atoms. The summed E-state index contributed by atoms with van der Waals surface area (Å²) in [5.41, 5.74) is 0.0504. The van der Waals surface area contributed by atoms with Gasteiger partial charge < -0.3 is 5.32 Å². The van der Waals surface area contributed by atoms with Crippen LogP contribution in [0.15, 0.2) is 59.3 Å². The van der Waals surface area contributed by atoms with Crippen molar-refractivity contribution in [1.82, 2.24) is 14.3 Å². The van der Waals surface area contributed by atoms with E-state index in [-0.39, 0.29) is 36.0 Å². The first kappa shape index (κ1) is 29.1. The third-order valence-electron chi connectivity index (χ3n) is 5.82. The quantitative estimate of drug-likeness (QED) is 0.448. The van der Waals surface area contributed by atoms with Gasteiger partial charge in [-0.25, -0.2) is 21.6 Å². The van der Waals surface area contributed by atoms with E-state index in [0.717, 1.165) is 17.5 Å². The van der Waals surface area contributed by atoms with Crippen LogP contribution in [0.1, 0.15) is 29.5 Å². The van der Waals surface area contributed by atoms with E-state index in [0.29, 0.717) is 24.0 Å². The molecule has 3 rings (SSSR count). The van der Waals surface area contributed by atoms with E-state index in [1.807, 2.05) is 0 Å². The zero-order valence-electron chi connectivity index (χ0n) is 19.5. The molecule has 202 valence electrons. The fourth-order valence-corrected chi connectivity index (χ4v) is 6.39. The van der Waals surface area contributed by atoms with Gasteiger partial charge in [-0.05, 0) is 48.2 Å². The highest BCUT2D eigenvalue weighted by molar-refractivity contribution is 7.92. The molecule has 0 spiro atoms. The molecular formula is C23H25ClF3N3O5S2. The van der Waals surface area contributed by atoms with E-state index < -0.39 is 43.7 Å². The summed E-state index contributed by atoms with van der Waals surface area (Å²) in [6.45, 7) is 3.33. The number of benzene rings is 2. The minimum atomic E-state index is -4.45. The van der Waals surface area contributed by atoms with Crippen molar-refractivity contribution >= 4 is 37.6 Å². The molecule has 0 unspecified atom stereocenters. The summed E-state index contributed by atoms with van der Waals surface area (Å²) in [7, 11) is -7.69. The van der Waals surface area contributed by atoms with Crippen molar-refractivity contribution < 1.29 is 34.8 Å². The smallest absolute Gasteiger partial charge is 0.352 e. The largest absolute Gasteiger partial charge is 0.416 e. The Hall–Kier alpha value is -2.45. The van der Waals surface area contributed by atoms with Crippen LogP contribution in [0.2, 0.25) is 5.02 Å². The Morgan fingerprint density at radius 2 is 1.81 bits per heavy atom. The maximum absolute atomic E-state index is 13.2. The van der Waals surface area contributed by atoms with E-state index >= 15 is 0 Å². The average Bonchev–Trinajstić information content (AvgIpc) is 3.32. The fourth-order valence-electron chi connectivity index (χ4n) is 3.82. The Morgan fingerprint density at radius 3 is 2.41 bits per heavy atom. The average molecular weight is 580 g/mol. The van der Waals surface area contributed by atoms with Gasteiger partial charge >= 0.3 is 6.18 Å². The summed E-state index contributed by atoms with van der Waals surface area (Å²) in [6, 6.07) is 7.79. The van der Waals surface area contributed by atoms with Gasteiger partial charge in [0.15, 0.2) is 0 Å². The molecule has 14 heteroatoms. The van der Waals surface area contributed by atoms with Gasteiger partial charge in [0.2, 0.25) is 26.0 Å². The molecule has 1 aliphatic heterocycles. The van der Waals surface area contributed by atoms with E-state index in [4.69, 9.17) is 11.6 Å². The number of carbonyl (C=O) groups is 1. The van der Waals surface area contributed by atoms with Crippen LogP contribution in [0.3, 0.4) is 0 Å². The predicted octanol–water partition coefficient (Wildman–Crippen LogP) is 3.43. The number of nitrogens with zero attached hydrogens (tertiary/aromatic N) is 1. The maximum Gasteiger partial charge on any atom is 0.416 e. The highest BCUT2D eigenvalue weighted by Gasteiger charge is 2.36. The zero-order chi connectivity index (χ0) is 27.4. The summed E-state index contributed by atoms with van der Waals surface area (Å²) in [4.78, 5) is 12.2. The highest BCUT2D eigenvalue weighted by Crippen LogP contribution is 2.30. The SMILES string of the molecule is C=CS(=O)(=O)NC[C@H]1CCCN1S(=O)(=O)c1ccc(CC(=O)NCc2ccc(C(F)(F)F)cc2)c(Cl)c1. The molecule has 0 saturated carbocycles. The minimum Gasteiger partial charge on any atom is -0.352 e. The number of alkyl halides is 3. The van der Waals surface area contributed by atoms with Crippen molar-refractivity contribution in [2.24, 2.45) is 0 Å². The third kappa shape index (κ3) is 7.54. The van der Waals surface area contributed by atoms with Crippen LogP contribution in [-0.2, 0) is 44.0 Å². The summed E-state index contributed by atoms with van der Waals surface area (Å²) in [6.07, 6.45) is -3.58. The van der Waals surface area contributed by atoms with Crippen LogP contribution in [-0.4, -0.2) is 46.2 Å². The Balaban J connectivity index is 1.63. The molecule has 1 heterocycles. The summed E-state index contributed by atoms with van der Waals surface area (Å²) in [5, 5.41) is 3.39. The zero-order valence-corrected chi connectivity index (χ0v) is 21.9. The van der Waals surface area contributed by atoms with Gasteiger partial charge in [0.05, 0.1) is 16.9 Å². The second-order valence-corrected chi connectivity index (χ2v) is 12.4. The molecule has 1 saturated heterocycles. The predicted molar refractivity (Wildman–Crippen MR) is 132 cm³/mol. The van der Waals surface area contributed by atoms with Crippen LogP contribution in [0.25, 0.3) is 0 Å². The molecule has 2 aromatic rings. The maximum atomic E-state index is 13.2. The molecule has 0 aromatic heterocycles. The normalized spacial score (nSPS) is 17.0. The fraction of sp³-hybridized carbons (Fsp3) is 0.348. The first-order valence-electron chi connectivity index (χ1n) is 11.1. The Morgan fingerprint density at radius 1 is 1.14 bits per heavy atom. The number of nitrogens with one attached hydrogen (secondary N) is 2. The topological polar surface area (TPSA) is 113 Å². The van der Waals surface area contributed by atoms with Crippen LogP contribution in [0.5, 0.6) is 0 Å². The summed E-state index contributed by atoms with van der Waals surface area (Å²) in [5.74, 6) is -0.452. The van der Waals surface area contributed by atoms with Gasteiger partial charge in [-0.3, -0.25) is 4.79 Å². The molecule has 1 amide bonds. The lowest BCUT2D eigenvalue weighted by Gasteiger charge is -2.24. The molecule has 1 aliphatic rings. The molecule has 0 radical (unpaired) electrons. The standard InChI is InChI=1S/C23H25ClF3N3O5S2/c1-2-36(32,33)29-15-19-4-3-11-30(19)37(34,35)20-10-7-17(21(24)13-20)12-22(31)28-14-16-5-8-18(9-6-16)23(25,26)27/h2,5-10,13,19,29H,1,3-4,11-12,14-15H2,(H,28,31)/t19-/m1/s1. The number of halogens is 4. The van der Waals surface area contributed by atoms with Gasteiger partial charge in [0.25, 0.3) is 0 Å². The van der Waals surface area contributed by atoms with Crippen molar-refractivity contribution in [1.29, 1.82) is 0 Å². The van der Waals surface area contributed by atoms with Gasteiger partial charge in [0, 0.05) is 36.1 Å². The molecular weight excluding hydrogens is 555 g/mol. The molecule has 2 aromatic carbocycles. The third-order valence-corrected chi connectivity index (χ3v) is 9.12. The van der Waals surface area contributed by atoms with Crippen LogP contribution in [0.4, 0.5) is 13.2 Å². The lowest BCUT2D eigenvalue weighted by atomic mass is 10.1. The first-order chi connectivity index (χ1) is 17.2. The number of amides is 1.